The van der Waals surface area contributed by atoms with E-state index in [2.05, 4.69) is 10.6 Å². The first-order valence-corrected chi connectivity index (χ1v) is 5.15. The Labute approximate surface area is 92.4 Å². The Morgan fingerprint density at radius 1 is 1.47 bits per heavy atom. The van der Waals surface area contributed by atoms with Gasteiger partial charge < -0.3 is 14.6 Å². The summed E-state index contributed by atoms with van der Waals surface area (Å²) in [6.45, 7) is 3.07. The molecule has 6 heteroatoms. The van der Waals surface area contributed by atoms with Crippen LogP contribution in [-0.4, -0.2) is 37.1 Å². The van der Waals surface area contributed by atoms with E-state index < -0.39 is 0 Å². The first kappa shape index (κ1) is 10.3. The van der Waals surface area contributed by atoms with Crippen molar-refractivity contribution in [2.24, 2.45) is 0 Å². The highest BCUT2D eigenvalue weighted by Gasteiger charge is 2.16. The number of urea groups is 1. The van der Waals surface area contributed by atoms with Gasteiger partial charge in [0.2, 0.25) is 5.88 Å². The Morgan fingerprint density at radius 3 is 2.80 bits per heavy atom. The molecule has 1 aromatic heterocycles. The lowest BCUT2D eigenvalue weighted by atomic mass is 10.4. The van der Waals surface area contributed by atoms with Gasteiger partial charge in [-0.25, -0.2) is 4.79 Å². The quantitative estimate of drug-likeness (QED) is 0.765. The van der Waals surface area contributed by atoms with E-state index in [1.807, 2.05) is 0 Å². The third-order valence-electron chi connectivity index (χ3n) is 2.21. The van der Waals surface area contributed by atoms with Crippen molar-refractivity contribution in [2.45, 2.75) is 0 Å². The molecule has 0 spiro atoms. The Hall–Kier alpha value is -1.20. The van der Waals surface area contributed by atoms with Gasteiger partial charge in [0.15, 0.2) is 5.22 Å². The molecule has 2 N–H and O–H groups in total. The second-order valence-corrected chi connectivity index (χ2v) is 3.64. The molecule has 0 radical (unpaired) electrons. The maximum Gasteiger partial charge on any atom is 0.324 e. The highest BCUT2D eigenvalue weighted by atomic mass is 35.5. The van der Waals surface area contributed by atoms with Crippen LogP contribution in [0.4, 0.5) is 10.7 Å². The average molecular weight is 230 g/mol. The Bertz CT molecular complexity index is 347. The van der Waals surface area contributed by atoms with Gasteiger partial charge in [0, 0.05) is 32.2 Å². The topological polar surface area (TPSA) is 57.5 Å². The lowest BCUT2D eigenvalue weighted by Crippen LogP contribution is -2.48. The standard InChI is InChI=1S/C9H12ClN3O2/c10-7-1-2-8(15-7)12-9(14)13-5-3-11-4-6-13/h1-2,11H,3-6H2,(H,12,14). The van der Waals surface area contributed by atoms with E-state index in [9.17, 15) is 4.79 Å². The largest absolute Gasteiger partial charge is 0.429 e. The third kappa shape index (κ3) is 2.64. The van der Waals surface area contributed by atoms with E-state index in [4.69, 9.17) is 16.0 Å². The number of anilines is 1. The van der Waals surface area contributed by atoms with Crippen LogP contribution in [0.15, 0.2) is 16.5 Å². The van der Waals surface area contributed by atoms with E-state index in [1.165, 1.54) is 0 Å². The van der Waals surface area contributed by atoms with E-state index in [0.717, 1.165) is 13.1 Å². The molecule has 15 heavy (non-hydrogen) atoms. The van der Waals surface area contributed by atoms with Crippen LogP contribution in [0.3, 0.4) is 0 Å². The summed E-state index contributed by atoms with van der Waals surface area (Å²) in [5, 5.41) is 6.08. The molecule has 1 aliphatic heterocycles. The van der Waals surface area contributed by atoms with E-state index in [-0.39, 0.29) is 11.3 Å². The molecular formula is C9H12ClN3O2. The van der Waals surface area contributed by atoms with Crippen molar-refractivity contribution in [3.63, 3.8) is 0 Å². The zero-order valence-electron chi connectivity index (χ0n) is 8.12. The van der Waals surface area contributed by atoms with Crippen molar-refractivity contribution in [3.05, 3.63) is 17.4 Å². The summed E-state index contributed by atoms with van der Waals surface area (Å²) in [4.78, 5) is 13.4. The Balaban J connectivity index is 1.91. The minimum absolute atomic E-state index is 0.150. The Kier molecular flexibility index (Phi) is 3.13. The predicted molar refractivity (Wildman–Crippen MR) is 57.2 cm³/mol. The smallest absolute Gasteiger partial charge is 0.324 e. The molecule has 1 saturated heterocycles. The number of halogens is 1. The lowest BCUT2D eigenvalue weighted by molar-refractivity contribution is 0.203. The summed E-state index contributed by atoms with van der Waals surface area (Å²) in [7, 11) is 0. The number of carbonyl (C=O) groups is 1. The summed E-state index contributed by atoms with van der Waals surface area (Å²) in [5.41, 5.74) is 0. The van der Waals surface area contributed by atoms with Crippen LogP contribution >= 0.6 is 11.6 Å². The first-order chi connectivity index (χ1) is 7.25. The minimum Gasteiger partial charge on any atom is -0.429 e. The fourth-order valence-corrected chi connectivity index (χ4v) is 1.58. The second-order valence-electron chi connectivity index (χ2n) is 3.27. The number of nitrogens with zero attached hydrogens (tertiary/aromatic N) is 1. The number of carbonyl (C=O) groups excluding carboxylic acids is 1. The van der Waals surface area contributed by atoms with Gasteiger partial charge in [-0.2, -0.15) is 0 Å². The number of amides is 2. The van der Waals surface area contributed by atoms with Crippen molar-refractivity contribution in [1.82, 2.24) is 10.2 Å². The molecule has 0 atom stereocenters. The number of hydrogen-bond acceptors (Lipinski definition) is 3. The van der Waals surface area contributed by atoms with Crippen LogP contribution in [0.5, 0.6) is 0 Å². The molecule has 0 unspecified atom stereocenters. The average Bonchev–Trinajstić information content (AvgIpc) is 2.65. The fourth-order valence-electron chi connectivity index (χ4n) is 1.43. The van der Waals surface area contributed by atoms with Crippen LogP contribution in [0.2, 0.25) is 5.22 Å². The number of rotatable bonds is 1. The molecular weight excluding hydrogens is 218 g/mol. The number of hydrogen-bond donors (Lipinski definition) is 2. The summed E-state index contributed by atoms with van der Waals surface area (Å²) in [6.07, 6.45) is 0. The van der Waals surface area contributed by atoms with Crippen molar-refractivity contribution in [1.29, 1.82) is 0 Å². The first-order valence-electron chi connectivity index (χ1n) is 4.78. The van der Waals surface area contributed by atoms with Crippen LogP contribution < -0.4 is 10.6 Å². The SMILES string of the molecule is O=C(Nc1ccc(Cl)o1)N1CCNCC1. The Morgan fingerprint density at radius 2 is 2.20 bits per heavy atom. The van der Waals surface area contributed by atoms with Gasteiger partial charge in [-0.05, 0) is 17.7 Å². The molecule has 0 aromatic carbocycles. The van der Waals surface area contributed by atoms with E-state index in [0.29, 0.717) is 19.0 Å². The minimum atomic E-state index is -0.150. The van der Waals surface area contributed by atoms with Gasteiger partial charge in [0.1, 0.15) is 0 Å². The zero-order chi connectivity index (χ0) is 10.7. The van der Waals surface area contributed by atoms with Crippen LogP contribution in [-0.2, 0) is 0 Å². The molecule has 2 amide bonds. The zero-order valence-corrected chi connectivity index (χ0v) is 8.88. The van der Waals surface area contributed by atoms with Gasteiger partial charge in [-0.15, -0.1) is 0 Å². The molecule has 0 bridgehead atoms. The van der Waals surface area contributed by atoms with E-state index in [1.54, 1.807) is 17.0 Å². The lowest BCUT2D eigenvalue weighted by Gasteiger charge is -2.26. The number of piperazine rings is 1. The normalized spacial score (nSPS) is 16.5. The molecule has 0 aliphatic carbocycles. The maximum atomic E-state index is 11.7. The monoisotopic (exact) mass is 229 g/mol. The highest BCUT2D eigenvalue weighted by Crippen LogP contribution is 2.17. The van der Waals surface area contributed by atoms with E-state index >= 15 is 0 Å². The maximum absolute atomic E-state index is 11.7. The summed E-state index contributed by atoms with van der Waals surface area (Å²) >= 11 is 5.59. The van der Waals surface area contributed by atoms with Gasteiger partial charge >= 0.3 is 6.03 Å². The van der Waals surface area contributed by atoms with Gasteiger partial charge in [0.25, 0.3) is 0 Å². The van der Waals surface area contributed by atoms with Crippen molar-refractivity contribution >= 4 is 23.5 Å². The van der Waals surface area contributed by atoms with Crippen molar-refractivity contribution < 1.29 is 9.21 Å². The van der Waals surface area contributed by atoms with Gasteiger partial charge in [0.05, 0.1) is 0 Å². The molecule has 1 fully saturated rings. The third-order valence-corrected chi connectivity index (χ3v) is 2.41. The van der Waals surface area contributed by atoms with Gasteiger partial charge in [-0.3, -0.25) is 5.32 Å². The molecule has 1 aromatic rings. The molecule has 2 heterocycles. The number of furan rings is 1. The van der Waals surface area contributed by atoms with Crippen LogP contribution in [0.25, 0.3) is 0 Å². The van der Waals surface area contributed by atoms with Crippen LogP contribution in [0, 0.1) is 0 Å². The predicted octanol–water partition coefficient (Wildman–Crippen LogP) is 1.37. The van der Waals surface area contributed by atoms with Crippen molar-refractivity contribution in [3.8, 4) is 0 Å². The highest BCUT2D eigenvalue weighted by molar-refractivity contribution is 6.29. The van der Waals surface area contributed by atoms with Crippen molar-refractivity contribution in [2.75, 3.05) is 31.5 Å². The number of nitrogens with one attached hydrogen (secondary N) is 2. The summed E-state index contributed by atoms with van der Waals surface area (Å²) < 4.78 is 5.04. The summed E-state index contributed by atoms with van der Waals surface area (Å²) in [6, 6.07) is 3.07. The van der Waals surface area contributed by atoms with Crippen LogP contribution in [0.1, 0.15) is 0 Å². The molecule has 82 valence electrons. The molecule has 5 nitrogen and oxygen atoms in total. The second kappa shape index (κ2) is 4.55. The molecule has 0 saturated carbocycles. The molecule has 2 rings (SSSR count). The summed E-state index contributed by atoms with van der Waals surface area (Å²) in [5.74, 6) is 0.378. The fraction of sp³-hybridized carbons (Fsp3) is 0.444. The van der Waals surface area contributed by atoms with Gasteiger partial charge in [-0.1, -0.05) is 0 Å². The molecule has 1 aliphatic rings.